The van der Waals surface area contributed by atoms with E-state index in [1.165, 1.54) is 7.05 Å². The minimum atomic E-state index is -1.23. The Balaban J connectivity index is 2.65. The highest BCUT2D eigenvalue weighted by Crippen LogP contribution is 2.02. The van der Waals surface area contributed by atoms with E-state index in [0.717, 1.165) is 9.25 Å². The van der Waals surface area contributed by atoms with Crippen LogP contribution in [0.3, 0.4) is 0 Å². The van der Waals surface area contributed by atoms with Gasteiger partial charge in [0.1, 0.15) is 0 Å². The van der Waals surface area contributed by atoms with Crippen molar-refractivity contribution in [3.8, 4) is 5.69 Å². The second kappa shape index (κ2) is 3.65. The van der Waals surface area contributed by atoms with Gasteiger partial charge in [-0.1, -0.05) is 18.2 Å². The van der Waals surface area contributed by atoms with E-state index in [1.807, 2.05) is 0 Å². The molecule has 16 heavy (non-hydrogen) atoms. The Bertz CT molecular complexity index is 583. The molecule has 1 aromatic heterocycles. The number of carbonyl (C=O) groups is 1. The van der Waals surface area contributed by atoms with Gasteiger partial charge in [-0.2, -0.15) is 4.68 Å². The molecule has 6 nitrogen and oxygen atoms in total. The molecule has 0 aliphatic heterocycles. The van der Waals surface area contributed by atoms with E-state index < -0.39 is 11.7 Å². The van der Waals surface area contributed by atoms with Crippen LogP contribution in [0.15, 0.2) is 35.1 Å². The van der Waals surface area contributed by atoms with Gasteiger partial charge in [0.2, 0.25) is 5.82 Å². The van der Waals surface area contributed by atoms with Gasteiger partial charge in [-0.25, -0.2) is 9.59 Å². The Morgan fingerprint density at radius 3 is 2.44 bits per heavy atom. The lowest BCUT2D eigenvalue weighted by atomic mass is 10.3. The van der Waals surface area contributed by atoms with Gasteiger partial charge in [0.05, 0.1) is 5.69 Å². The number of aromatic carboxylic acids is 1. The molecule has 2 aromatic rings. The molecule has 1 aromatic carbocycles. The van der Waals surface area contributed by atoms with Crippen LogP contribution in [-0.4, -0.2) is 25.4 Å². The van der Waals surface area contributed by atoms with Crippen LogP contribution in [0.5, 0.6) is 0 Å². The topological polar surface area (TPSA) is 77.1 Å². The predicted molar refractivity (Wildman–Crippen MR) is 55.8 cm³/mol. The number of nitrogens with zero attached hydrogens (tertiary/aromatic N) is 3. The minimum Gasteiger partial charge on any atom is -0.475 e. The van der Waals surface area contributed by atoms with Crippen molar-refractivity contribution in [2.24, 2.45) is 7.05 Å². The summed E-state index contributed by atoms with van der Waals surface area (Å²) >= 11 is 0. The number of rotatable bonds is 2. The number of hydrogen-bond acceptors (Lipinski definition) is 3. The van der Waals surface area contributed by atoms with E-state index in [4.69, 9.17) is 5.11 Å². The van der Waals surface area contributed by atoms with E-state index in [-0.39, 0.29) is 5.82 Å². The molecular weight excluding hydrogens is 210 g/mol. The molecule has 0 spiro atoms. The summed E-state index contributed by atoms with van der Waals surface area (Å²) in [5.74, 6) is -1.51. The van der Waals surface area contributed by atoms with Gasteiger partial charge in [0, 0.05) is 7.05 Å². The molecule has 1 heterocycles. The molecule has 0 fully saturated rings. The van der Waals surface area contributed by atoms with Crippen molar-refractivity contribution in [2.75, 3.05) is 0 Å². The lowest BCUT2D eigenvalue weighted by Gasteiger charge is -1.96. The Morgan fingerprint density at radius 2 is 1.94 bits per heavy atom. The van der Waals surface area contributed by atoms with Crippen molar-refractivity contribution in [3.63, 3.8) is 0 Å². The monoisotopic (exact) mass is 219 g/mol. The maximum Gasteiger partial charge on any atom is 0.374 e. The van der Waals surface area contributed by atoms with Gasteiger partial charge in [-0.05, 0) is 12.1 Å². The molecule has 82 valence electrons. The fourth-order valence-corrected chi connectivity index (χ4v) is 1.36. The van der Waals surface area contributed by atoms with Crippen molar-refractivity contribution in [2.45, 2.75) is 0 Å². The molecule has 0 amide bonds. The van der Waals surface area contributed by atoms with E-state index in [9.17, 15) is 9.59 Å². The molecule has 1 N–H and O–H groups in total. The lowest BCUT2D eigenvalue weighted by molar-refractivity contribution is 0.0678. The van der Waals surface area contributed by atoms with Crippen molar-refractivity contribution in [3.05, 3.63) is 46.6 Å². The third kappa shape index (κ3) is 1.50. The number of aromatic nitrogens is 3. The summed E-state index contributed by atoms with van der Waals surface area (Å²) in [5.41, 5.74) is 0.0548. The van der Waals surface area contributed by atoms with Crippen molar-refractivity contribution in [1.82, 2.24) is 14.3 Å². The highest BCUT2D eigenvalue weighted by molar-refractivity contribution is 5.83. The highest BCUT2D eigenvalue weighted by atomic mass is 16.4. The molecule has 0 saturated carbocycles. The molecule has 0 saturated heterocycles. The zero-order valence-electron chi connectivity index (χ0n) is 8.49. The molecule has 6 heteroatoms. The second-order valence-electron chi connectivity index (χ2n) is 3.22. The van der Waals surface area contributed by atoms with Gasteiger partial charge in [0.15, 0.2) is 0 Å². The molecular formula is C10H9N3O3. The fourth-order valence-electron chi connectivity index (χ4n) is 1.36. The van der Waals surface area contributed by atoms with Crippen LogP contribution < -0.4 is 5.69 Å². The quantitative estimate of drug-likeness (QED) is 0.786. The van der Waals surface area contributed by atoms with Gasteiger partial charge < -0.3 is 5.11 Å². The zero-order valence-corrected chi connectivity index (χ0v) is 8.49. The third-order valence-corrected chi connectivity index (χ3v) is 2.17. The average molecular weight is 219 g/mol. The number of benzene rings is 1. The number of carboxylic acid groups (broad SMARTS) is 1. The van der Waals surface area contributed by atoms with Crippen LogP contribution in [0, 0.1) is 0 Å². The molecule has 2 rings (SSSR count). The van der Waals surface area contributed by atoms with Crippen LogP contribution >= 0.6 is 0 Å². The number of carboxylic acids is 1. The summed E-state index contributed by atoms with van der Waals surface area (Å²) < 4.78 is 2.05. The Kier molecular flexibility index (Phi) is 2.32. The Labute approximate surface area is 90.4 Å². The van der Waals surface area contributed by atoms with Gasteiger partial charge in [0.25, 0.3) is 0 Å². The molecule has 0 bridgehead atoms. The largest absolute Gasteiger partial charge is 0.475 e. The third-order valence-electron chi connectivity index (χ3n) is 2.17. The minimum absolute atomic E-state index is 0.283. The first-order valence-corrected chi connectivity index (χ1v) is 4.56. The molecule has 0 atom stereocenters. The zero-order chi connectivity index (χ0) is 11.7. The van der Waals surface area contributed by atoms with Crippen LogP contribution in [-0.2, 0) is 7.05 Å². The molecule has 0 unspecified atom stereocenters. The average Bonchev–Trinajstić information content (AvgIpc) is 2.58. The number of para-hydroxylation sites is 1. The first kappa shape index (κ1) is 10.2. The maximum absolute atomic E-state index is 11.7. The lowest BCUT2D eigenvalue weighted by Crippen LogP contribution is -2.22. The van der Waals surface area contributed by atoms with Crippen molar-refractivity contribution in [1.29, 1.82) is 0 Å². The Hall–Kier alpha value is -2.37. The normalized spacial score (nSPS) is 10.3. The van der Waals surface area contributed by atoms with E-state index >= 15 is 0 Å². The van der Waals surface area contributed by atoms with Crippen molar-refractivity contribution >= 4 is 5.97 Å². The smallest absolute Gasteiger partial charge is 0.374 e. The summed E-state index contributed by atoms with van der Waals surface area (Å²) in [6, 6.07) is 8.66. The SMILES string of the molecule is Cn1c(C(=O)O)nn(-c2ccccc2)c1=O. The summed E-state index contributed by atoms with van der Waals surface area (Å²) in [4.78, 5) is 22.5. The van der Waals surface area contributed by atoms with Crippen LogP contribution in [0.2, 0.25) is 0 Å². The Morgan fingerprint density at radius 1 is 1.31 bits per heavy atom. The van der Waals surface area contributed by atoms with Gasteiger partial charge in [-0.15, -0.1) is 5.10 Å². The van der Waals surface area contributed by atoms with E-state index in [1.54, 1.807) is 30.3 Å². The summed E-state index contributed by atoms with van der Waals surface area (Å²) in [7, 11) is 1.37. The summed E-state index contributed by atoms with van der Waals surface area (Å²) in [6.07, 6.45) is 0. The summed E-state index contributed by atoms with van der Waals surface area (Å²) in [6.45, 7) is 0. The maximum atomic E-state index is 11.7. The summed E-state index contributed by atoms with van der Waals surface area (Å²) in [5, 5.41) is 12.6. The van der Waals surface area contributed by atoms with E-state index in [0.29, 0.717) is 5.69 Å². The van der Waals surface area contributed by atoms with Crippen LogP contribution in [0.1, 0.15) is 10.6 Å². The highest BCUT2D eigenvalue weighted by Gasteiger charge is 2.16. The second-order valence-corrected chi connectivity index (χ2v) is 3.22. The number of hydrogen-bond donors (Lipinski definition) is 1. The fraction of sp³-hybridized carbons (Fsp3) is 0.100. The first-order chi connectivity index (χ1) is 7.61. The first-order valence-electron chi connectivity index (χ1n) is 4.56. The van der Waals surface area contributed by atoms with Crippen LogP contribution in [0.25, 0.3) is 5.69 Å². The van der Waals surface area contributed by atoms with Gasteiger partial charge >= 0.3 is 11.7 Å². The molecule has 0 aliphatic rings. The standard InChI is InChI=1S/C10H9N3O3/c1-12-8(9(14)15)11-13(10(12)16)7-5-3-2-4-6-7/h2-6H,1H3,(H,14,15). The van der Waals surface area contributed by atoms with Gasteiger partial charge in [-0.3, -0.25) is 4.57 Å². The predicted octanol–water partition coefficient (Wildman–Crippen LogP) is 0.269. The van der Waals surface area contributed by atoms with Crippen LogP contribution in [0.4, 0.5) is 0 Å². The van der Waals surface area contributed by atoms with E-state index in [2.05, 4.69) is 5.10 Å². The molecule has 0 radical (unpaired) electrons. The van der Waals surface area contributed by atoms with Crippen molar-refractivity contribution < 1.29 is 9.90 Å². The molecule has 0 aliphatic carbocycles.